The molecule has 2 aliphatic carbocycles. The zero-order valence-corrected chi connectivity index (χ0v) is 13.2. The molecule has 2 saturated carbocycles. The lowest BCUT2D eigenvalue weighted by Crippen LogP contribution is -2.31. The minimum atomic E-state index is 0.0876. The van der Waals surface area contributed by atoms with Crippen LogP contribution in [0.25, 0.3) is 0 Å². The molecule has 2 heterocycles. The Hall–Kier alpha value is -1.50. The van der Waals surface area contributed by atoms with Crippen LogP contribution in [0.4, 0.5) is 0 Å². The van der Waals surface area contributed by atoms with Crippen molar-refractivity contribution >= 4 is 5.91 Å². The molecular weight excluding hydrogens is 280 g/mol. The van der Waals surface area contributed by atoms with Crippen molar-refractivity contribution in [3.63, 3.8) is 0 Å². The van der Waals surface area contributed by atoms with Gasteiger partial charge in [-0.3, -0.25) is 9.69 Å². The molecule has 4 rings (SSSR count). The summed E-state index contributed by atoms with van der Waals surface area (Å²) in [6, 6.07) is 1.00. The molecule has 120 valence electrons. The topological polar surface area (TPSA) is 67.2 Å². The van der Waals surface area contributed by atoms with Crippen LogP contribution in [0.5, 0.6) is 0 Å². The highest BCUT2D eigenvalue weighted by atomic mass is 16.2. The standard InChI is InChI=1S/C15H24N6O/c1-11(19-9-14(22)20(10-19)12-7-8-12)15-16-17-18-21(15)13-5-3-2-4-6-13/h11-13H,2-10H2,1H3. The molecule has 0 aromatic carbocycles. The van der Waals surface area contributed by atoms with Crippen LogP contribution < -0.4 is 0 Å². The molecule has 0 radical (unpaired) electrons. The first-order valence-corrected chi connectivity index (χ1v) is 8.55. The summed E-state index contributed by atoms with van der Waals surface area (Å²) >= 11 is 0. The van der Waals surface area contributed by atoms with Crippen molar-refractivity contribution in [3.8, 4) is 0 Å². The third-order valence-corrected chi connectivity index (χ3v) is 5.34. The van der Waals surface area contributed by atoms with E-state index in [4.69, 9.17) is 0 Å². The van der Waals surface area contributed by atoms with Crippen LogP contribution in [0.15, 0.2) is 0 Å². The fourth-order valence-electron chi connectivity index (χ4n) is 3.78. The van der Waals surface area contributed by atoms with E-state index in [0.717, 1.165) is 38.2 Å². The third-order valence-electron chi connectivity index (χ3n) is 5.34. The van der Waals surface area contributed by atoms with E-state index >= 15 is 0 Å². The van der Waals surface area contributed by atoms with Gasteiger partial charge in [-0.15, -0.1) is 5.10 Å². The number of tetrazole rings is 1. The molecule has 1 saturated heterocycles. The summed E-state index contributed by atoms with van der Waals surface area (Å²) in [6.07, 6.45) is 8.49. The van der Waals surface area contributed by atoms with Crippen molar-refractivity contribution in [3.05, 3.63) is 5.82 Å². The van der Waals surface area contributed by atoms with Crippen LogP contribution >= 0.6 is 0 Å². The third kappa shape index (κ3) is 2.51. The maximum Gasteiger partial charge on any atom is 0.238 e. The van der Waals surface area contributed by atoms with E-state index in [1.807, 2.05) is 9.58 Å². The van der Waals surface area contributed by atoms with E-state index in [1.54, 1.807) is 0 Å². The van der Waals surface area contributed by atoms with Crippen molar-refractivity contribution in [1.29, 1.82) is 0 Å². The fourth-order valence-corrected chi connectivity index (χ4v) is 3.78. The lowest BCUT2D eigenvalue weighted by molar-refractivity contribution is -0.127. The van der Waals surface area contributed by atoms with Crippen LogP contribution in [0.3, 0.4) is 0 Å². The van der Waals surface area contributed by atoms with Gasteiger partial charge in [0.1, 0.15) is 0 Å². The molecule has 7 heteroatoms. The average molecular weight is 304 g/mol. The van der Waals surface area contributed by atoms with Gasteiger partial charge >= 0.3 is 0 Å². The van der Waals surface area contributed by atoms with Crippen molar-refractivity contribution in [2.75, 3.05) is 13.2 Å². The molecule has 1 atom stereocenters. The molecular formula is C15H24N6O. The zero-order valence-electron chi connectivity index (χ0n) is 13.2. The lowest BCUT2D eigenvalue weighted by Gasteiger charge is -2.27. The van der Waals surface area contributed by atoms with Crippen molar-refractivity contribution in [1.82, 2.24) is 30.0 Å². The molecule has 0 bridgehead atoms. The largest absolute Gasteiger partial charge is 0.326 e. The monoisotopic (exact) mass is 304 g/mol. The lowest BCUT2D eigenvalue weighted by atomic mass is 9.95. The normalized spacial score (nSPS) is 25.9. The highest BCUT2D eigenvalue weighted by Gasteiger charge is 2.41. The molecule has 3 aliphatic rings. The maximum atomic E-state index is 12.2. The number of carbonyl (C=O) groups excluding carboxylic acids is 1. The molecule has 0 N–H and O–H groups in total. The molecule has 1 aliphatic heterocycles. The summed E-state index contributed by atoms with van der Waals surface area (Å²) < 4.78 is 2.02. The quantitative estimate of drug-likeness (QED) is 0.843. The Bertz CT molecular complexity index is 548. The Labute approximate surface area is 130 Å². The first kappa shape index (κ1) is 14.1. The predicted molar refractivity (Wildman–Crippen MR) is 79.8 cm³/mol. The van der Waals surface area contributed by atoms with Gasteiger partial charge < -0.3 is 4.90 Å². The minimum absolute atomic E-state index is 0.0876. The Kier molecular flexibility index (Phi) is 3.60. The van der Waals surface area contributed by atoms with E-state index in [2.05, 4.69) is 27.3 Å². The van der Waals surface area contributed by atoms with Gasteiger partial charge in [0.2, 0.25) is 5.91 Å². The second-order valence-corrected chi connectivity index (χ2v) is 6.93. The van der Waals surface area contributed by atoms with E-state index in [-0.39, 0.29) is 11.9 Å². The Morgan fingerprint density at radius 1 is 1.09 bits per heavy atom. The van der Waals surface area contributed by atoms with Gasteiger partial charge in [0, 0.05) is 6.04 Å². The Morgan fingerprint density at radius 3 is 2.59 bits per heavy atom. The average Bonchev–Trinajstić information content (AvgIpc) is 3.13. The SMILES string of the molecule is CC(c1nnnn1C1CCCCC1)N1CC(=O)N(C2CC2)C1. The molecule has 1 amide bonds. The summed E-state index contributed by atoms with van der Waals surface area (Å²) in [7, 11) is 0. The van der Waals surface area contributed by atoms with Crippen LogP contribution in [-0.4, -0.2) is 55.2 Å². The van der Waals surface area contributed by atoms with Gasteiger partial charge in [0.25, 0.3) is 0 Å². The Balaban J connectivity index is 1.49. The molecule has 1 unspecified atom stereocenters. The van der Waals surface area contributed by atoms with Gasteiger partial charge in [-0.2, -0.15) is 0 Å². The van der Waals surface area contributed by atoms with Crippen molar-refractivity contribution in [2.45, 2.75) is 70.0 Å². The van der Waals surface area contributed by atoms with E-state index < -0.39 is 0 Å². The van der Waals surface area contributed by atoms with Gasteiger partial charge in [0.05, 0.1) is 25.3 Å². The van der Waals surface area contributed by atoms with Gasteiger partial charge in [0.15, 0.2) is 5.82 Å². The molecule has 0 spiro atoms. The zero-order chi connectivity index (χ0) is 15.1. The van der Waals surface area contributed by atoms with Gasteiger partial charge in [-0.05, 0) is 43.0 Å². The summed E-state index contributed by atoms with van der Waals surface area (Å²) in [5.41, 5.74) is 0. The van der Waals surface area contributed by atoms with Crippen LogP contribution in [0, 0.1) is 0 Å². The van der Waals surface area contributed by atoms with Crippen LogP contribution in [0.1, 0.15) is 69.8 Å². The van der Waals surface area contributed by atoms with Gasteiger partial charge in [-0.25, -0.2) is 4.68 Å². The maximum absolute atomic E-state index is 12.2. The molecule has 22 heavy (non-hydrogen) atoms. The van der Waals surface area contributed by atoms with Crippen LogP contribution in [-0.2, 0) is 4.79 Å². The second-order valence-electron chi connectivity index (χ2n) is 6.93. The smallest absolute Gasteiger partial charge is 0.238 e. The number of hydrogen-bond donors (Lipinski definition) is 0. The van der Waals surface area contributed by atoms with Gasteiger partial charge in [-0.1, -0.05) is 19.3 Å². The van der Waals surface area contributed by atoms with Crippen molar-refractivity contribution in [2.24, 2.45) is 0 Å². The number of nitrogens with zero attached hydrogens (tertiary/aromatic N) is 6. The molecule has 1 aromatic heterocycles. The molecule has 1 aromatic rings. The van der Waals surface area contributed by atoms with Crippen LogP contribution in [0.2, 0.25) is 0 Å². The first-order valence-electron chi connectivity index (χ1n) is 8.55. The Morgan fingerprint density at radius 2 is 1.86 bits per heavy atom. The van der Waals surface area contributed by atoms with E-state index in [0.29, 0.717) is 18.6 Å². The summed E-state index contributed by atoms with van der Waals surface area (Å²) in [6.45, 7) is 3.34. The summed E-state index contributed by atoms with van der Waals surface area (Å²) in [5, 5.41) is 12.4. The number of aromatic nitrogens is 4. The fraction of sp³-hybridized carbons (Fsp3) is 0.867. The predicted octanol–water partition coefficient (Wildman–Crippen LogP) is 1.50. The number of amides is 1. The first-order chi connectivity index (χ1) is 10.7. The van der Waals surface area contributed by atoms with Crippen molar-refractivity contribution < 1.29 is 4.79 Å². The number of hydrogen-bond acceptors (Lipinski definition) is 5. The molecule has 7 nitrogen and oxygen atoms in total. The highest BCUT2D eigenvalue weighted by molar-refractivity contribution is 5.80. The second kappa shape index (κ2) is 5.61. The van der Waals surface area contributed by atoms with E-state index in [9.17, 15) is 4.79 Å². The number of carbonyl (C=O) groups is 1. The summed E-state index contributed by atoms with van der Waals surface area (Å²) in [4.78, 5) is 16.4. The summed E-state index contributed by atoms with van der Waals surface area (Å²) in [5.74, 6) is 1.17. The minimum Gasteiger partial charge on any atom is -0.326 e. The number of rotatable bonds is 4. The highest BCUT2D eigenvalue weighted by Crippen LogP contribution is 2.34. The molecule has 3 fully saturated rings. The van der Waals surface area contributed by atoms with E-state index in [1.165, 1.54) is 19.3 Å².